The van der Waals surface area contributed by atoms with Gasteiger partial charge in [-0.2, -0.15) is 9.50 Å². The van der Waals surface area contributed by atoms with Gasteiger partial charge in [-0.25, -0.2) is 13.8 Å². The van der Waals surface area contributed by atoms with Gasteiger partial charge in [0.1, 0.15) is 17.2 Å². The first-order chi connectivity index (χ1) is 18.1. The molecule has 190 valence electrons. The van der Waals surface area contributed by atoms with Crippen molar-refractivity contribution in [3.63, 3.8) is 0 Å². The van der Waals surface area contributed by atoms with E-state index in [2.05, 4.69) is 39.1 Å². The van der Waals surface area contributed by atoms with Crippen molar-refractivity contribution in [2.45, 2.75) is 0 Å². The summed E-state index contributed by atoms with van der Waals surface area (Å²) in [6, 6.07) is 13.6. The van der Waals surface area contributed by atoms with E-state index in [0.29, 0.717) is 37.9 Å². The van der Waals surface area contributed by atoms with Gasteiger partial charge >= 0.3 is 0 Å². The highest BCUT2D eigenvalue weighted by atomic mass is 19.1. The molecule has 0 bridgehead atoms. The minimum Gasteiger partial charge on any atom is -0.378 e. The highest BCUT2D eigenvalue weighted by molar-refractivity contribution is 5.95. The van der Waals surface area contributed by atoms with E-state index in [1.54, 1.807) is 10.7 Å². The van der Waals surface area contributed by atoms with E-state index in [1.165, 1.54) is 11.0 Å². The molecule has 37 heavy (non-hydrogen) atoms. The number of piperazine rings is 1. The molecule has 0 radical (unpaired) electrons. The zero-order chi connectivity index (χ0) is 25.4. The fourth-order valence-corrected chi connectivity index (χ4v) is 4.77. The van der Waals surface area contributed by atoms with Gasteiger partial charge in [0.05, 0.1) is 18.9 Å². The zero-order valence-corrected chi connectivity index (χ0v) is 20.1. The Bertz CT molecular complexity index is 1410. The van der Waals surface area contributed by atoms with E-state index in [0.717, 1.165) is 55.4 Å². The number of morpholine rings is 1. The van der Waals surface area contributed by atoms with Gasteiger partial charge in [-0.1, -0.05) is 18.2 Å². The van der Waals surface area contributed by atoms with Crippen molar-refractivity contribution in [2.24, 2.45) is 0 Å². The number of aromatic nitrogens is 4. The number of rotatable bonds is 4. The summed E-state index contributed by atoms with van der Waals surface area (Å²) in [4.78, 5) is 27.4. The van der Waals surface area contributed by atoms with Crippen molar-refractivity contribution >= 4 is 23.3 Å². The van der Waals surface area contributed by atoms with Crippen LogP contribution in [0.1, 0.15) is 10.4 Å². The van der Waals surface area contributed by atoms with Gasteiger partial charge in [-0.05, 0) is 30.3 Å². The van der Waals surface area contributed by atoms with Crippen LogP contribution in [0.25, 0.3) is 17.0 Å². The summed E-state index contributed by atoms with van der Waals surface area (Å²) >= 11 is 0. The first kappa shape index (κ1) is 23.3. The van der Waals surface area contributed by atoms with Crippen LogP contribution in [0.15, 0.2) is 54.7 Å². The summed E-state index contributed by atoms with van der Waals surface area (Å²) in [5.74, 6) is -1.40. The average molecular weight is 506 g/mol. The standard InChI is InChI=1S/C26H25F2N7O2/c27-20-2-1-3-21(28)23(20)24(36)33-10-12-34(13-11-33)26-30-25-29-9-8-22(35(25)31-26)18-4-6-19(7-5-18)32-14-16-37-17-15-32/h1-9H,10-17H2. The second-order valence-corrected chi connectivity index (χ2v) is 8.98. The van der Waals surface area contributed by atoms with Crippen molar-refractivity contribution < 1.29 is 18.3 Å². The van der Waals surface area contributed by atoms with Gasteiger partial charge in [0.15, 0.2) is 0 Å². The third kappa shape index (κ3) is 4.46. The molecule has 0 spiro atoms. The SMILES string of the molecule is O=C(c1c(F)cccc1F)N1CCN(c2nc3nccc(-c4ccc(N5CCOCC5)cc4)n3n2)CC1. The lowest BCUT2D eigenvalue weighted by molar-refractivity contribution is 0.0736. The van der Waals surface area contributed by atoms with Crippen LogP contribution in [0.2, 0.25) is 0 Å². The predicted molar refractivity (Wildman–Crippen MR) is 134 cm³/mol. The summed E-state index contributed by atoms with van der Waals surface area (Å²) in [6.07, 6.45) is 1.71. The van der Waals surface area contributed by atoms with Crippen molar-refractivity contribution in [1.29, 1.82) is 0 Å². The topological polar surface area (TPSA) is 79.1 Å². The number of hydrogen-bond donors (Lipinski definition) is 0. The molecular formula is C26H25F2N7O2. The lowest BCUT2D eigenvalue weighted by Crippen LogP contribution is -2.49. The number of amides is 1. The van der Waals surface area contributed by atoms with Crippen molar-refractivity contribution in [2.75, 3.05) is 62.3 Å². The van der Waals surface area contributed by atoms with Gasteiger partial charge in [0.2, 0.25) is 5.95 Å². The number of nitrogens with zero attached hydrogens (tertiary/aromatic N) is 7. The van der Waals surface area contributed by atoms with E-state index < -0.39 is 23.1 Å². The highest BCUT2D eigenvalue weighted by Gasteiger charge is 2.28. The molecule has 6 rings (SSSR count). The minimum absolute atomic E-state index is 0.297. The van der Waals surface area contributed by atoms with Crippen LogP contribution in [-0.4, -0.2) is 82.9 Å². The first-order valence-corrected chi connectivity index (χ1v) is 12.2. The van der Waals surface area contributed by atoms with Crippen LogP contribution in [-0.2, 0) is 4.74 Å². The molecule has 4 aromatic rings. The van der Waals surface area contributed by atoms with E-state index >= 15 is 0 Å². The maximum atomic E-state index is 14.1. The van der Waals surface area contributed by atoms with E-state index in [1.807, 2.05) is 11.0 Å². The van der Waals surface area contributed by atoms with Crippen molar-refractivity contribution in [3.8, 4) is 11.3 Å². The Hall–Kier alpha value is -4.12. The summed E-state index contributed by atoms with van der Waals surface area (Å²) in [5.41, 5.74) is 2.49. The first-order valence-electron chi connectivity index (χ1n) is 12.2. The summed E-state index contributed by atoms with van der Waals surface area (Å²) < 4.78 is 35.3. The van der Waals surface area contributed by atoms with Crippen LogP contribution in [0.4, 0.5) is 20.4 Å². The highest BCUT2D eigenvalue weighted by Crippen LogP contribution is 2.25. The predicted octanol–water partition coefficient (Wildman–Crippen LogP) is 2.87. The van der Waals surface area contributed by atoms with Gasteiger partial charge in [0, 0.05) is 56.7 Å². The second kappa shape index (κ2) is 9.74. The van der Waals surface area contributed by atoms with E-state index in [4.69, 9.17) is 9.84 Å². The third-order valence-corrected chi connectivity index (χ3v) is 6.80. The number of carbonyl (C=O) groups excluding carboxylic acids is 1. The van der Waals surface area contributed by atoms with Crippen LogP contribution in [0, 0.1) is 11.6 Å². The van der Waals surface area contributed by atoms with E-state index in [9.17, 15) is 13.6 Å². The molecule has 2 aromatic carbocycles. The molecule has 11 heteroatoms. The summed E-state index contributed by atoms with van der Waals surface area (Å²) in [5, 5.41) is 4.70. The maximum Gasteiger partial charge on any atom is 0.259 e. The molecule has 0 N–H and O–H groups in total. The molecule has 0 saturated carbocycles. The molecule has 2 fully saturated rings. The molecular weight excluding hydrogens is 480 g/mol. The van der Waals surface area contributed by atoms with Crippen molar-refractivity contribution in [1.82, 2.24) is 24.5 Å². The molecule has 2 aliphatic rings. The molecule has 9 nitrogen and oxygen atoms in total. The summed E-state index contributed by atoms with van der Waals surface area (Å²) in [6.45, 7) is 4.67. The Morgan fingerprint density at radius 3 is 2.24 bits per heavy atom. The van der Waals surface area contributed by atoms with E-state index in [-0.39, 0.29) is 0 Å². The molecule has 2 saturated heterocycles. The van der Waals surface area contributed by atoms with Crippen molar-refractivity contribution in [3.05, 3.63) is 71.9 Å². The van der Waals surface area contributed by atoms with Gasteiger partial charge in [-0.15, -0.1) is 5.10 Å². The van der Waals surface area contributed by atoms with Crippen LogP contribution < -0.4 is 9.80 Å². The Kier molecular flexibility index (Phi) is 6.13. The second-order valence-electron chi connectivity index (χ2n) is 8.98. The Balaban J connectivity index is 1.19. The van der Waals surface area contributed by atoms with Gasteiger partial charge < -0.3 is 19.4 Å². The molecule has 0 atom stereocenters. The molecule has 4 heterocycles. The number of ether oxygens (including phenoxy) is 1. The maximum absolute atomic E-state index is 14.1. The molecule has 1 amide bonds. The monoisotopic (exact) mass is 505 g/mol. The number of benzene rings is 2. The fraction of sp³-hybridized carbons (Fsp3) is 0.308. The molecule has 0 unspecified atom stereocenters. The summed E-state index contributed by atoms with van der Waals surface area (Å²) in [7, 11) is 0. The Labute approximate surface area is 211 Å². The number of halogens is 2. The smallest absolute Gasteiger partial charge is 0.259 e. The number of anilines is 2. The largest absolute Gasteiger partial charge is 0.378 e. The fourth-order valence-electron chi connectivity index (χ4n) is 4.77. The third-order valence-electron chi connectivity index (χ3n) is 6.80. The Morgan fingerprint density at radius 1 is 0.838 bits per heavy atom. The van der Waals surface area contributed by atoms with Crippen LogP contribution in [0.3, 0.4) is 0 Å². The molecule has 2 aromatic heterocycles. The van der Waals surface area contributed by atoms with Crippen LogP contribution >= 0.6 is 0 Å². The Morgan fingerprint density at radius 2 is 1.54 bits per heavy atom. The zero-order valence-electron chi connectivity index (χ0n) is 20.1. The quantitative estimate of drug-likeness (QED) is 0.422. The van der Waals surface area contributed by atoms with Gasteiger partial charge in [0.25, 0.3) is 11.7 Å². The minimum atomic E-state index is -0.856. The van der Waals surface area contributed by atoms with Crippen LogP contribution in [0.5, 0.6) is 0 Å². The number of fused-ring (bicyclic) bond motifs is 1. The number of carbonyl (C=O) groups is 1. The normalized spacial score (nSPS) is 16.4. The lowest BCUT2D eigenvalue weighted by Gasteiger charge is -2.34. The molecule has 0 aliphatic carbocycles. The van der Waals surface area contributed by atoms with Gasteiger partial charge in [-0.3, -0.25) is 4.79 Å². The number of hydrogen-bond acceptors (Lipinski definition) is 7. The average Bonchev–Trinajstić information content (AvgIpc) is 3.38. The molecule has 2 aliphatic heterocycles. The lowest BCUT2D eigenvalue weighted by atomic mass is 10.1.